The first kappa shape index (κ1) is 51.9. The third kappa shape index (κ3) is 11.2. The van der Waals surface area contributed by atoms with Crippen LogP contribution in [0.3, 0.4) is 0 Å². The fourth-order valence-electron chi connectivity index (χ4n) is 10.2. The van der Waals surface area contributed by atoms with Crippen LogP contribution in [-0.2, 0) is 38.3 Å². The van der Waals surface area contributed by atoms with Gasteiger partial charge in [0.2, 0.25) is 11.5 Å². The molecule has 0 bridgehead atoms. The molecule has 0 spiro atoms. The molecule has 16 nitrogen and oxygen atoms in total. The second kappa shape index (κ2) is 23.2. The number of benzene rings is 4. The van der Waals surface area contributed by atoms with Crippen LogP contribution in [-0.4, -0.2) is 145 Å². The third-order valence-electron chi connectivity index (χ3n) is 13.7. The van der Waals surface area contributed by atoms with Gasteiger partial charge in [-0.1, -0.05) is 6.07 Å². The Kier molecular flexibility index (Phi) is 17.4. The van der Waals surface area contributed by atoms with Crippen molar-refractivity contribution in [1.29, 1.82) is 0 Å². The maximum absolute atomic E-state index is 12.9. The fraction of sp³-hybridized carbons (Fsp3) is 0.472. The highest BCUT2D eigenvalue weighted by Crippen LogP contribution is 2.51. The minimum absolute atomic E-state index is 0.0599. The minimum Gasteiger partial charge on any atom is -0.493 e. The summed E-state index contributed by atoms with van der Waals surface area (Å²) < 4.78 is 69.8. The van der Waals surface area contributed by atoms with Crippen molar-refractivity contribution >= 4 is 11.9 Å². The highest BCUT2D eigenvalue weighted by molar-refractivity contribution is 5.91. The van der Waals surface area contributed by atoms with E-state index in [1.165, 1.54) is 0 Å². The van der Waals surface area contributed by atoms with E-state index in [1.54, 1.807) is 71.1 Å². The summed E-state index contributed by atoms with van der Waals surface area (Å²) >= 11 is 0. The quantitative estimate of drug-likeness (QED) is 0.0318. The monoisotopic (exact) mass is 958 g/mol. The molecule has 4 atom stereocenters. The van der Waals surface area contributed by atoms with Gasteiger partial charge in [-0.3, -0.25) is 0 Å². The standard InChI is InChI=1S/C53H70N2O14/c1-54(23-20-36-30-46(64-9)52(66-11)53(67-12)49(36)39(54)27-34-15-16-40(58-3)41(28-34)59-4)21-13-25-68-47(56)17-18-48(57)69-26-14-22-55(2)24-19-35-29-42(60-5)43(61-6)33-38(35)50(55)37-31-44(62-7)51(65-10)45(32-37)63-8/h15-18,28-33,39,50H,13-14,19-27H2,1-12H3/q+2. The molecule has 0 aliphatic carbocycles. The number of likely N-dealkylation sites (N-methyl/N-ethyl adjacent to an activating group) is 2. The van der Waals surface area contributed by atoms with Gasteiger partial charge in [-0.25, -0.2) is 9.59 Å². The van der Waals surface area contributed by atoms with Crippen molar-refractivity contribution in [3.05, 3.63) is 94.1 Å². The molecule has 0 amide bonds. The van der Waals surface area contributed by atoms with E-state index in [4.69, 9.17) is 56.8 Å². The van der Waals surface area contributed by atoms with Crippen LogP contribution < -0.4 is 47.4 Å². The number of methoxy groups -OCH3 is 10. The van der Waals surface area contributed by atoms with E-state index in [-0.39, 0.29) is 25.3 Å². The maximum Gasteiger partial charge on any atom is 0.331 e. The Morgan fingerprint density at radius 2 is 1.00 bits per heavy atom. The molecule has 4 aromatic rings. The predicted molar refractivity (Wildman–Crippen MR) is 259 cm³/mol. The van der Waals surface area contributed by atoms with Gasteiger partial charge in [0.05, 0.1) is 130 Å². The molecule has 374 valence electrons. The summed E-state index contributed by atoms with van der Waals surface area (Å²) in [4.78, 5) is 25.8. The molecule has 0 aromatic heterocycles. The number of hydrogen-bond donors (Lipinski definition) is 0. The Morgan fingerprint density at radius 3 is 1.55 bits per heavy atom. The van der Waals surface area contributed by atoms with Crippen LogP contribution in [0.15, 0.2) is 60.7 Å². The fourth-order valence-corrected chi connectivity index (χ4v) is 10.2. The van der Waals surface area contributed by atoms with Crippen LogP contribution in [0.2, 0.25) is 0 Å². The number of quaternary nitrogens is 2. The number of hydrogen-bond acceptors (Lipinski definition) is 14. The molecule has 2 heterocycles. The normalized spacial score (nSPS) is 19.4. The largest absolute Gasteiger partial charge is 0.493 e. The van der Waals surface area contributed by atoms with Crippen molar-refractivity contribution in [2.75, 3.05) is 125 Å². The first-order valence-electron chi connectivity index (χ1n) is 23.1. The zero-order valence-electron chi connectivity index (χ0n) is 42.3. The van der Waals surface area contributed by atoms with Gasteiger partial charge in [0, 0.05) is 55.4 Å². The molecule has 0 saturated heterocycles. The Morgan fingerprint density at radius 1 is 0.522 bits per heavy atom. The van der Waals surface area contributed by atoms with Gasteiger partial charge in [0.25, 0.3) is 0 Å². The summed E-state index contributed by atoms with van der Waals surface area (Å²) in [5.41, 5.74) is 6.44. The zero-order valence-corrected chi connectivity index (χ0v) is 42.3. The smallest absolute Gasteiger partial charge is 0.331 e. The number of ether oxygens (including phenoxy) is 12. The van der Waals surface area contributed by atoms with Crippen LogP contribution in [0, 0.1) is 0 Å². The highest BCUT2D eigenvalue weighted by Gasteiger charge is 2.44. The SMILES string of the molecule is COc1ccc(CC2c3c(cc(OC)c(OC)c3OC)CC[N+]2(C)CCCOC(=O)C=CC(=O)OCCC[N+]2(C)CCc3cc(OC)c(OC)cc3C2c2cc(OC)c(OC)c(OC)c2)cc1OC. The van der Waals surface area contributed by atoms with Crippen LogP contribution in [0.5, 0.6) is 57.5 Å². The molecule has 0 radical (unpaired) electrons. The van der Waals surface area contributed by atoms with Gasteiger partial charge >= 0.3 is 11.9 Å². The van der Waals surface area contributed by atoms with Gasteiger partial charge < -0.3 is 65.8 Å². The molecular formula is C53H70N2O14+2. The minimum atomic E-state index is -0.624. The van der Waals surface area contributed by atoms with Crippen molar-refractivity contribution in [2.24, 2.45) is 0 Å². The molecule has 0 N–H and O–H groups in total. The highest BCUT2D eigenvalue weighted by atomic mass is 16.6. The van der Waals surface area contributed by atoms with Crippen molar-refractivity contribution in [1.82, 2.24) is 0 Å². The van der Waals surface area contributed by atoms with E-state index in [0.717, 1.165) is 71.5 Å². The molecule has 16 heteroatoms. The molecule has 2 aliphatic rings. The number of carbonyl (C=O) groups is 2. The first-order chi connectivity index (χ1) is 33.3. The lowest BCUT2D eigenvalue weighted by molar-refractivity contribution is -0.941. The Hall–Kier alpha value is -6.52. The van der Waals surface area contributed by atoms with E-state index in [1.807, 2.05) is 48.5 Å². The van der Waals surface area contributed by atoms with E-state index in [0.29, 0.717) is 98.8 Å². The zero-order chi connectivity index (χ0) is 49.9. The van der Waals surface area contributed by atoms with Gasteiger partial charge in [-0.15, -0.1) is 0 Å². The summed E-state index contributed by atoms with van der Waals surface area (Å²) in [6, 6.07) is 15.8. The van der Waals surface area contributed by atoms with Crippen LogP contribution >= 0.6 is 0 Å². The summed E-state index contributed by atoms with van der Waals surface area (Å²) in [5, 5.41) is 0. The molecule has 2 aliphatic heterocycles. The summed E-state index contributed by atoms with van der Waals surface area (Å²) in [5.74, 6) is 4.75. The summed E-state index contributed by atoms with van der Waals surface area (Å²) in [7, 11) is 20.6. The maximum atomic E-state index is 12.9. The second-order valence-electron chi connectivity index (χ2n) is 17.6. The van der Waals surface area contributed by atoms with Crippen LogP contribution in [0.4, 0.5) is 0 Å². The number of carbonyl (C=O) groups excluding carboxylic acids is 2. The second-order valence-corrected chi connectivity index (χ2v) is 17.6. The van der Waals surface area contributed by atoms with Crippen molar-refractivity contribution < 1.29 is 75.4 Å². The molecule has 0 saturated carbocycles. The van der Waals surface area contributed by atoms with E-state index in [2.05, 4.69) is 14.1 Å². The molecular weight excluding hydrogens is 889 g/mol. The summed E-state index contributed by atoms with van der Waals surface area (Å²) in [6.45, 7) is 3.30. The van der Waals surface area contributed by atoms with E-state index >= 15 is 0 Å². The van der Waals surface area contributed by atoms with Crippen molar-refractivity contribution in [2.45, 2.75) is 44.2 Å². The lowest BCUT2D eigenvalue weighted by Gasteiger charge is -2.46. The predicted octanol–water partition coefficient (Wildman–Crippen LogP) is 7.27. The van der Waals surface area contributed by atoms with E-state index in [9.17, 15) is 9.59 Å². The molecule has 4 unspecified atom stereocenters. The van der Waals surface area contributed by atoms with Crippen LogP contribution in [0.25, 0.3) is 0 Å². The Labute approximate surface area is 406 Å². The van der Waals surface area contributed by atoms with Gasteiger partial charge in [0.15, 0.2) is 46.0 Å². The first-order valence-corrected chi connectivity index (χ1v) is 23.1. The van der Waals surface area contributed by atoms with Gasteiger partial charge in [0.1, 0.15) is 12.1 Å². The lowest BCUT2D eigenvalue weighted by Crippen LogP contribution is -2.52. The Bertz CT molecular complexity index is 2450. The van der Waals surface area contributed by atoms with Gasteiger partial charge in [-0.05, 0) is 59.2 Å². The number of nitrogens with zero attached hydrogens (tertiary/aromatic N) is 2. The molecule has 4 aromatic carbocycles. The lowest BCUT2D eigenvalue weighted by atomic mass is 9.85. The topological polar surface area (TPSA) is 145 Å². The van der Waals surface area contributed by atoms with E-state index < -0.39 is 11.9 Å². The van der Waals surface area contributed by atoms with Crippen molar-refractivity contribution in [3.8, 4) is 57.5 Å². The number of fused-ring (bicyclic) bond motifs is 2. The average molecular weight is 959 g/mol. The average Bonchev–Trinajstić information content (AvgIpc) is 3.37. The third-order valence-corrected chi connectivity index (χ3v) is 13.7. The summed E-state index contributed by atoms with van der Waals surface area (Å²) in [6.07, 6.45) is 5.61. The van der Waals surface area contributed by atoms with Crippen LogP contribution in [0.1, 0.15) is 58.3 Å². The molecule has 69 heavy (non-hydrogen) atoms. The van der Waals surface area contributed by atoms with Gasteiger partial charge in [-0.2, -0.15) is 0 Å². The number of rotatable bonds is 23. The molecule has 6 rings (SSSR count). The van der Waals surface area contributed by atoms with Crippen molar-refractivity contribution in [3.63, 3.8) is 0 Å². The molecule has 0 fully saturated rings. The Balaban J connectivity index is 1.09. The number of esters is 2.